The molecule has 4 atom stereocenters. The number of fused-ring (bicyclic) bond motifs is 2. The van der Waals surface area contributed by atoms with Crippen LogP contribution >= 0.6 is 0 Å². The van der Waals surface area contributed by atoms with Crippen LogP contribution in [0.1, 0.15) is 57.1 Å². The van der Waals surface area contributed by atoms with Gasteiger partial charge < -0.3 is 0 Å². The average molecular weight is 226 g/mol. The van der Waals surface area contributed by atoms with Crippen molar-refractivity contribution in [3.8, 4) is 0 Å². The van der Waals surface area contributed by atoms with Crippen molar-refractivity contribution < 1.29 is 0 Å². The fourth-order valence-electron chi connectivity index (χ4n) is 5.62. The van der Waals surface area contributed by atoms with E-state index < -0.39 is 0 Å². The van der Waals surface area contributed by atoms with Crippen LogP contribution in [0, 0.1) is 16.2 Å². The van der Waals surface area contributed by atoms with Crippen LogP contribution in [0.15, 0.2) is 24.3 Å². The van der Waals surface area contributed by atoms with E-state index in [2.05, 4.69) is 45.0 Å². The highest BCUT2D eigenvalue weighted by Gasteiger charge is 2.71. The lowest BCUT2D eigenvalue weighted by Crippen LogP contribution is -2.41. The maximum Gasteiger partial charge on any atom is -0.00943 e. The first-order chi connectivity index (χ1) is 8.00. The molecule has 0 unspecified atom stereocenters. The topological polar surface area (TPSA) is 0 Å². The summed E-state index contributed by atoms with van der Waals surface area (Å²) in [6.07, 6.45) is 5.63. The van der Waals surface area contributed by atoms with Gasteiger partial charge in [-0.1, -0.05) is 45.0 Å². The first-order valence-corrected chi connectivity index (χ1v) is 7.08. The summed E-state index contributed by atoms with van der Waals surface area (Å²) in [6, 6.07) is 9.23. The van der Waals surface area contributed by atoms with E-state index in [-0.39, 0.29) is 0 Å². The van der Waals surface area contributed by atoms with E-state index in [0.29, 0.717) is 16.2 Å². The standard InChI is InChI=1S/C17H22/c1-15-8-9-16(2)14(11-15)13-7-5-4-6-12(13)10-17(15,16)3/h4-7,14H,8-11H2,1-3H3/t14-,15+,16-,17-/m1/s1. The van der Waals surface area contributed by atoms with E-state index in [4.69, 9.17) is 0 Å². The van der Waals surface area contributed by atoms with E-state index in [0.717, 1.165) is 5.92 Å². The van der Waals surface area contributed by atoms with Gasteiger partial charge in [-0.15, -0.1) is 0 Å². The predicted molar refractivity (Wildman–Crippen MR) is 71.1 cm³/mol. The number of hydrogen-bond donors (Lipinski definition) is 0. The fraction of sp³-hybridized carbons (Fsp3) is 0.647. The molecule has 0 amide bonds. The maximum atomic E-state index is 2.58. The monoisotopic (exact) mass is 226 g/mol. The Morgan fingerprint density at radius 1 is 1.06 bits per heavy atom. The van der Waals surface area contributed by atoms with Gasteiger partial charge in [0.15, 0.2) is 0 Å². The van der Waals surface area contributed by atoms with Crippen LogP contribution in [-0.2, 0) is 6.42 Å². The van der Waals surface area contributed by atoms with Crippen LogP contribution < -0.4 is 0 Å². The molecule has 0 nitrogen and oxygen atoms in total. The Kier molecular flexibility index (Phi) is 1.57. The van der Waals surface area contributed by atoms with Crippen LogP contribution in [0.2, 0.25) is 0 Å². The largest absolute Gasteiger partial charge is 0.0620 e. The van der Waals surface area contributed by atoms with E-state index in [9.17, 15) is 0 Å². The molecule has 90 valence electrons. The van der Waals surface area contributed by atoms with Gasteiger partial charge in [-0.25, -0.2) is 0 Å². The van der Waals surface area contributed by atoms with Crippen LogP contribution in [0.5, 0.6) is 0 Å². The van der Waals surface area contributed by atoms with Crippen molar-refractivity contribution in [2.24, 2.45) is 16.2 Å². The zero-order valence-electron chi connectivity index (χ0n) is 11.2. The van der Waals surface area contributed by atoms with Crippen molar-refractivity contribution in [3.05, 3.63) is 35.4 Å². The van der Waals surface area contributed by atoms with Gasteiger partial charge in [0.1, 0.15) is 0 Å². The Morgan fingerprint density at radius 2 is 1.82 bits per heavy atom. The molecule has 17 heavy (non-hydrogen) atoms. The third-order valence-corrected chi connectivity index (χ3v) is 7.19. The normalized spacial score (nSPS) is 50.4. The second-order valence-electron chi connectivity index (χ2n) is 7.44. The summed E-state index contributed by atoms with van der Waals surface area (Å²) in [7, 11) is 0. The molecule has 0 aliphatic heterocycles. The first-order valence-electron chi connectivity index (χ1n) is 7.08. The molecule has 0 saturated heterocycles. The summed E-state index contributed by atoms with van der Waals surface area (Å²) in [5.41, 5.74) is 5.01. The predicted octanol–water partition coefficient (Wildman–Crippen LogP) is 4.54. The summed E-state index contributed by atoms with van der Waals surface area (Å²) in [4.78, 5) is 0. The van der Waals surface area contributed by atoms with Crippen molar-refractivity contribution in [2.75, 3.05) is 0 Å². The van der Waals surface area contributed by atoms with Crippen molar-refractivity contribution >= 4 is 0 Å². The summed E-state index contributed by atoms with van der Waals surface area (Å²) in [5, 5.41) is 0. The van der Waals surface area contributed by atoms with Crippen LogP contribution in [-0.4, -0.2) is 0 Å². The smallest absolute Gasteiger partial charge is 0.00943 e. The summed E-state index contributed by atoms with van der Waals surface area (Å²) in [5.74, 6) is 0.830. The Hall–Kier alpha value is -0.780. The number of benzene rings is 1. The lowest BCUT2D eigenvalue weighted by molar-refractivity contribution is 0.0620. The Labute approximate surface area is 104 Å². The molecule has 0 heteroatoms. The molecular weight excluding hydrogens is 204 g/mol. The molecule has 3 aliphatic carbocycles. The van der Waals surface area contributed by atoms with Crippen molar-refractivity contribution in [1.82, 2.24) is 0 Å². The molecule has 2 fully saturated rings. The Bertz CT molecular complexity index is 503. The van der Waals surface area contributed by atoms with Crippen LogP contribution in [0.25, 0.3) is 0 Å². The molecule has 0 N–H and O–H groups in total. The highest BCUT2D eigenvalue weighted by Crippen LogP contribution is 2.79. The van der Waals surface area contributed by atoms with Crippen LogP contribution in [0.4, 0.5) is 0 Å². The SMILES string of the molecule is C[C@]12CC[C@]3(C)[C@H](C1)c1ccccc1C[C@]23C. The van der Waals surface area contributed by atoms with Gasteiger partial charge in [0, 0.05) is 0 Å². The molecule has 4 rings (SSSR count). The lowest BCUT2D eigenvalue weighted by atomic mass is 9.56. The summed E-state index contributed by atoms with van der Waals surface area (Å²) < 4.78 is 0. The Balaban J connectivity index is 2.00. The van der Waals surface area contributed by atoms with Gasteiger partial charge in [0.25, 0.3) is 0 Å². The van der Waals surface area contributed by atoms with Crippen molar-refractivity contribution in [3.63, 3.8) is 0 Å². The molecule has 1 aromatic carbocycles. The molecule has 3 aliphatic rings. The van der Waals surface area contributed by atoms with E-state index >= 15 is 0 Å². The zero-order valence-corrected chi connectivity index (χ0v) is 11.2. The van der Waals surface area contributed by atoms with Gasteiger partial charge in [-0.3, -0.25) is 0 Å². The number of hydrogen-bond acceptors (Lipinski definition) is 0. The van der Waals surface area contributed by atoms with Crippen molar-refractivity contribution in [1.29, 1.82) is 0 Å². The van der Waals surface area contributed by atoms with Gasteiger partial charge in [0.05, 0.1) is 0 Å². The van der Waals surface area contributed by atoms with Gasteiger partial charge in [0.2, 0.25) is 0 Å². The minimum atomic E-state index is 0.541. The third-order valence-electron chi connectivity index (χ3n) is 7.19. The zero-order chi connectivity index (χ0) is 11.9. The summed E-state index contributed by atoms with van der Waals surface area (Å²) in [6.45, 7) is 7.71. The average Bonchev–Trinajstić information content (AvgIpc) is 2.56. The minimum Gasteiger partial charge on any atom is -0.0620 e. The molecule has 0 spiro atoms. The third kappa shape index (κ3) is 0.872. The summed E-state index contributed by atoms with van der Waals surface area (Å²) >= 11 is 0. The van der Waals surface area contributed by atoms with E-state index in [1.165, 1.54) is 25.7 Å². The molecule has 0 radical (unpaired) electrons. The first kappa shape index (κ1) is 10.2. The molecule has 1 aromatic rings. The Morgan fingerprint density at radius 3 is 2.65 bits per heavy atom. The van der Waals surface area contributed by atoms with E-state index in [1.54, 1.807) is 11.1 Å². The molecule has 2 saturated carbocycles. The van der Waals surface area contributed by atoms with Gasteiger partial charge in [-0.2, -0.15) is 0 Å². The maximum absolute atomic E-state index is 2.58. The second-order valence-corrected chi connectivity index (χ2v) is 7.44. The van der Waals surface area contributed by atoms with Gasteiger partial charge in [-0.05, 0) is 59.0 Å². The van der Waals surface area contributed by atoms with Gasteiger partial charge >= 0.3 is 0 Å². The molecule has 0 aromatic heterocycles. The van der Waals surface area contributed by atoms with E-state index in [1.807, 2.05) is 0 Å². The molecule has 4 bridgehead atoms. The highest BCUT2D eigenvalue weighted by atomic mass is 14.7. The van der Waals surface area contributed by atoms with Crippen molar-refractivity contribution in [2.45, 2.75) is 52.4 Å². The second kappa shape index (κ2) is 2.63. The number of rotatable bonds is 0. The highest BCUT2D eigenvalue weighted by molar-refractivity contribution is 5.43. The fourth-order valence-corrected chi connectivity index (χ4v) is 5.62. The van der Waals surface area contributed by atoms with Crippen LogP contribution in [0.3, 0.4) is 0 Å². The quantitative estimate of drug-likeness (QED) is 0.609. The molecule has 0 heterocycles. The minimum absolute atomic E-state index is 0.541. The molecular formula is C17H22. The lowest BCUT2D eigenvalue weighted by Gasteiger charge is -2.48.